The normalized spacial score (nSPS) is 10.5. The van der Waals surface area contributed by atoms with E-state index in [2.05, 4.69) is 20.8 Å². The molecule has 4 aromatic rings. The predicted octanol–water partition coefficient (Wildman–Crippen LogP) is 4.05. The van der Waals surface area contributed by atoms with Crippen molar-refractivity contribution in [2.75, 3.05) is 5.43 Å². The van der Waals surface area contributed by atoms with Crippen molar-refractivity contribution in [3.8, 4) is 11.3 Å². The van der Waals surface area contributed by atoms with Crippen molar-refractivity contribution in [2.24, 2.45) is 0 Å². The van der Waals surface area contributed by atoms with Gasteiger partial charge in [0, 0.05) is 23.3 Å². The van der Waals surface area contributed by atoms with Gasteiger partial charge in [-0.05, 0) is 36.4 Å². The molecule has 2 aromatic carbocycles. The van der Waals surface area contributed by atoms with E-state index in [0.29, 0.717) is 5.56 Å². The summed E-state index contributed by atoms with van der Waals surface area (Å²) in [4.78, 5) is 21.5. The lowest BCUT2D eigenvalue weighted by Crippen LogP contribution is -2.29. The smallest absolute Gasteiger partial charge is 0.270 e. The summed E-state index contributed by atoms with van der Waals surface area (Å²) in [5.74, 6) is -0.220. The van der Waals surface area contributed by atoms with Gasteiger partial charge in [-0.25, -0.2) is 4.98 Å². The number of benzene rings is 2. The molecule has 0 atom stereocenters. The van der Waals surface area contributed by atoms with Gasteiger partial charge in [0.2, 0.25) is 0 Å². The highest BCUT2D eigenvalue weighted by Crippen LogP contribution is 2.24. The molecule has 0 saturated heterocycles. The van der Waals surface area contributed by atoms with Gasteiger partial charge >= 0.3 is 0 Å². The Bertz CT molecular complexity index is 1050. The molecule has 2 heterocycles. The monoisotopic (exact) mass is 340 g/mol. The molecule has 0 radical (unpaired) electrons. The van der Waals surface area contributed by atoms with Crippen LogP contribution >= 0.6 is 0 Å². The largest absolute Gasteiger partial charge is 0.298 e. The van der Waals surface area contributed by atoms with E-state index >= 15 is 0 Å². The van der Waals surface area contributed by atoms with Crippen LogP contribution in [0.2, 0.25) is 0 Å². The van der Waals surface area contributed by atoms with Crippen molar-refractivity contribution < 1.29 is 4.79 Å². The molecule has 0 aliphatic carbocycles. The highest BCUT2D eigenvalue weighted by atomic mass is 16.2. The number of carbonyl (C=O) groups is 1. The number of para-hydroxylation sites is 2. The van der Waals surface area contributed by atoms with E-state index in [-0.39, 0.29) is 5.91 Å². The minimum Gasteiger partial charge on any atom is -0.298 e. The van der Waals surface area contributed by atoms with Crippen LogP contribution in [0.1, 0.15) is 10.4 Å². The summed E-state index contributed by atoms with van der Waals surface area (Å²) < 4.78 is 0. The molecule has 5 heteroatoms. The average Bonchev–Trinajstić information content (AvgIpc) is 2.72. The first-order chi connectivity index (χ1) is 12.8. The van der Waals surface area contributed by atoms with Crippen LogP contribution in [-0.2, 0) is 0 Å². The first-order valence-corrected chi connectivity index (χ1v) is 8.23. The lowest BCUT2D eigenvalue weighted by molar-refractivity contribution is 0.0964. The Labute approximate surface area is 150 Å². The Kier molecular flexibility index (Phi) is 4.26. The number of rotatable bonds is 4. The lowest BCUT2D eigenvalue weighted by Gasteiger charge is -2.12. The van der Waals surface area contributed by atoms with Crippen molar-refractivity contribution in [2.45, 2.75) is 0 Å². The number of hydrogen-bond acceptors (Lipinski definition) is 4. The second-order valence-electron chi connectivity index (χ2n) is 5.75. The molecule has 0 bridgehead atoms. The molecular weight excluding hydrogens is 324 g/mol. The van der Waals surface area contributed by atoms with Gasteiger partial charge in [-0.1, -0.05) is 36.4 Å². The van der Waals surface area contributed by atoms with E-state index in [0.717, 1.165) is 27.8 Å². The topological polar surface area (TPSA) is 66.9 Å². The van der Waals surface area contributed by atoms with Crippen LogP contribution in [0.5, 0.6) is 0 Å². The van der Waals surface area contributed by atoms with Gasteiger partial charge in [0.05, 0.1) is 22.5 Å². The van der Waals surface area contributed by atoms with E-state index in [9.17, 15) is 4.79 Å². The summed E-state index contributed by atoms with van der Waals surface area (Å²) >= 11 is 0. The van der Waals surface area contributed by atoms with E-state index in [4.69, 9.17) is 0 Å². The fourth-order valence-corrected chi connectivity index (χ4v) is 2.75. The highest BCUT2D eigenvalue weighted by Gasteiger charge is 2.13. The van der Waals surface area contributed by atoms with Gasteiger partial charge in [0.1, 0.15) is 0 Å². The maximum absolute atomic E-state index is 12.8. The molecule has 2 N–H and O–H groups in total. The van der Waals surface area contributed by atoms with E-state index in [1.807, 2.05) is 66.7 Å². The zero-order chi connectivity index (χ0) is 17.8. The molecule has 4 rings (SSSR count). The molecule has 0 unspecified atom stereocenters. The van der Waals surface area contributed by atoms with Crippen LogP contribution < -0.4 is 10.9 Å². The third-order valence-electron chi connectivity index (χ3n) is 4.03. The van der Waals surface area contributed by atoms with E-state index in [1.54, 1.807) is 18.5 Å². The van der Waals surface area contributed by atoms with Crippen molar-refractivity contribution in [3.63, 3.8) is 0 Å². The Hall–Kier alpha value is -3.73. The van der Waals surface area contributed by atoms with Crippen molar-refractivity contribution >= 4 is 22.5 Å². The first-order valence-electron chi connectivity index (χ1n) is 8.23. The molecule has 0 spiro atoms. The molecule has 0 aliphatic rings. The summed E-state index contributed by atoms with van der Waals surface area (Å²) in [6.07, 6.45) is 3.42. The number of fused-ring (bicyclic) bond motifs is 1. The molecule has 26 heavy (non-hydrogen) atoms. The molecule has 126 valence electrons. The van der Waals surface area contributed by atoms with E-state index in [1.165, 1.54) is 0 Å². The van der Waals surface area contributed by atoms with Crippen molar-refractivity contribution in [3.05, 3.63) is 90.8 Å². The number of carbonyl (C=O) groups excluding carboxylic acids is 1. The van der Waals surface area contributed by atoms with Gasteiger partial charge in [-0.15, -0.1) is 0 Å². The fourth-order valence-electron chi connectivity index (χ4n) is 2.75. The lowest BCUT2D eigenvalue weighted by atomic mass is 10.0. The van der Waals surface area contributed by atoms with Crippen LogP contribution in [-0.4, -0.2) is 15.9 Å². The number of amides is 1. The van der Waals surface area contributed by atoms with Gasteiger partial charge < -0.3 is 0 Å². The van der Waals surface area contributed by atoms with Crippen LogP contribution in [0, 0.1) is 0 Å². The maximum Gasteiger partial charge on any atom is 0.270 e. The Balaban J connectivity index is 1.72. The van der Waals surface area contributed by atoms with Gasteiger partial charge in [-0.3, -0.25) is 20.6 Å². The molecule has 0 fully saturated rings. The third-order valence-corrected chi connectivity index (χ3v) is 4.03. The fraction of sp³-hybridized carbons (Fsp3) is 0. The quantitative estimate of drug-likeness (QED) is 0.550. The van der Waals surface area contributed by atoms with Crippen molar-refractivity contribution in [1.82, 2.24) is 15.4 Å². The number of anilines is 1. The SMILES string of the molecule is O=C(NNc1ccccc1)c1cc(-c2ccncc2)nc2ccccc12. The molecule has 2 aromatic heterocycles. The summed E-state index contributed by atoms with van der Waals surface area (Å²) in [5, 5.41) is 0.803. The maximum atomic E-state index is 12.8. The summed E-state index contributed by atoms with van der Waals surface area (Å²) in [6.45, 7) is 0. The van der Waals surface area contributed by atoms with Crippen LogP contribution in [0.4, 0.5) is 5.69 Å². The summed E-state index contributed by atoms with van der Waals surface area (Å²) in [7, 11) is 0. The van der Waals surface area contributed by atoms with Crippen molar-refractivity contribution in [1.29, 1.82) is 0 Å². The second-order valence-corrected chi connectivity index (χ2v) is 5.75. The van der Waals surface area contributed by atoms with Crippen LogP contribution in [0.15, 0.2) is 85.2 Å². The molecule has 0 aliphatic heterocycles. The highest BCUT2D eigenvalue weighted by molar-refractivity contribution is 6.07. The van der Waals surface area contributed by atoms with Gasteiger partial charge in [0.15, 0.2) is 0 Å². The standard InChI is InChI=1S/C21H16N4O/c26-21(25-24-16-6-2-1-3-7-16)18-14-20(15-10-12-22-13-11-15)23-19-9-5-4-8-17(18)19/h1-14,24H,(H,25,26). The van der Waals surface area contributed by atoms with E-state index < -0.39 is 0 Å². The summed E-state index contributed by atoms with van der Waals surface area (Å²) in [6, 6.07) is 22.7. The third kappa shape index (κ3) is 3.23. The zero-order valence-electron chi connectivity index (χ0n) is 13.9. The van der Waals surface area contributed by atoms with Gasteiger partial charge in [-0.2, -0.15) is 0 Å². The van der Waals surface area contributed by atoms with Crippen LogP contribution in [0.25, 0.3) is 22.2 Å². The minimum absolute atomic E-state index is 0.220. The Morgan fingerprint density at radius 2 is 1.58 bits per heavy atom. The Morgan fingerprint density at radius 3 is 2.38 bits per heavy atom. The molecule has 1 amide bonds. The predicted molar refractivity (Wildman–Crippen MR) is 103 cm³/mol. The number of nitrogens with zero attached hydrogens (tertiary/aromatic N) is 2. The molecule has 0 saturated carbocycles. The second kappa shape index (κ2) is 7.03. The number of aromatic nitrogens is 2. The number of hydrogen-bond donors (Lipinski definition) is 2. The van der Waals surface area contributed by atoms with Crippen LogP contribution in [0.3, 0.4) is 0 Å². The average molecular weight is 340 g/mol. The first kappa shape index (κ1) is 15.8. The number of pyridine rings is 2. The minimum atomic E-state index is -0.220. The molecular formula is C21H16N4O. The van der Waals surface area contributed by atoms with Gasteiger partial charge in [0.25, 0.3) is 5.91 Å². The zero-order valence-corrected chi connectivity index (χ0v) is 13.9. The summed E-state index contributed by atoms with van der Waals surface area (Å²) in [5.41, 5.74) is 9.48. The number of nitrogens with one attached hydrogen (secondary N) is 2. The molecule has 5 nitrogen and oxygen atoms in total. The number of hydrazine groups is 1. The Morgan fingerprint density at radius 1 is 0.846 bits per heavy atom.